The Labute approximate surface area is 189 Å². The van der Waals surface area contributed by atoms with Gasteiger partial charge >= 0.3 is 11.6 Å². The fourth-order valence-electron chi connectivity index (χ4n) is 3.73. The van der Waals surface area contributed by atoms with E-state index < -0.39 is 29.4 Å². The van der Waals surface area contributed by atoms with Gasteiger partial charge in [0.15, 0.2) is 0 Å². The number of ether oxygens (including phenoxy) is 1. The number of hydrogen-bond acceptors (Lipinski definition) is 5. The van der Waals surface area contributed by atoms with E-state index in [2.05, 4.69) is 5.32 Å². The molecule has 0 fully saturated rings. The van der Waals surface area contributed by atoms with Gasteiger partial charge in [-0.25, -0.2) is 14.0 Å². The first kappa shape index (κ1) is 22.2. The first-order valence-electron chi connectivity index (χ1n) is 10.5. The van der Waals surface area contributed by atoms with Crippen molar-refractivity contribution in [3.8, 4) is 0 Å². The van der Waals surface area contributed by atoms with E-state index in [1.807, 2.05) is 30.3 Å². The summed E-state index contributed by atoms with van der Waals surface area (Å²) in [5.41, 5.74) is 0.168. The Morgan fingerprint density at radius 1 is 1.03 bits per heavy atom. The van der Waals surface area contributed by atoms with Crippen LogP contribution in [-0.2, 0) is 16.1 Å². The van der Waals surface area contributed by atoms with Gasteiger partial charge in [-0.1, -0.05) is 56.3 Å². The number of carbonyl (C=O) groups excluding carboxylic acids is 2. The SMILES string of the molecule is CC(C)[C@@H](NC(=O)c1ccccc1F)C(=O)OCc1cc(=O)oc2ccc3ccccc3c12. The Morgan fingerprint density at radius 3 is 2.52 bits per heavy atom. The lowest BCUT2D eigenvalue weighted by Crippen LogP contribution is -2.45. The monoisotopic (exact) mass is 447 g/mol. The summed E-state index contributed by atoms with van der Waals surface area (Å²) >= 11 is 0. The Balaban J connectivity index is 1.59. The van der Waals surface area contributed by atoms with Crippen molar-refractivity contribution in [2.45, 2.75) is 26.5 Å². The van der Waals surface area contributed by atoms with E-state index in [1.165, 1.54) is 30.3 Å². The average Bonchev–Trinajstić information content (AvgIpc) is 2.80. The molecule has 7 heteroatoms. The second kappa shape index (κ2) is 9.24. The maximum atomic E-state index is 14.0. The van der Waals surface area contributed by atoms with E-state index in [4.69, 9.17) is 9.15 Å². The molecule has 1 atom stereocenters. The first-order valence-corrected chi connectivity index (χ1v) is 10.5. The molecule has 33 heavy (non-hydrogen) atoms. The van der Waals surface area contributed by atoms with E-state index in [9.17, 15) is 18.8 Å². The van der Waals surface area contributed by atoms with Gasteiger partial charge in [0.05, 0.1) is 5.56 Å². The highest BCUT2D eigenvalue weighted by Gasteiger charge is 2.27. The average molecular weight is 447 g/mol. The van der Waals surface area contributed by atoms with Crippen LogP contribution in [0.1, 0.15) is 29.8 Å². The van der Waals surface area contributed by atoms with Crippen LogP contribution in [-0.4, -0.2) is 17.9 Å². The van der Waals surface area contributed by atoms with Gasteiger partial charge in [-0.2, -0.15) is 0 Å². The van der Waals surface area contributed by atoms with Crippen molar-refractivity contribution < 1.29 is 23.1 Å². The molecule has 6 nitrogen and oxygen atoms in total. The van der Waals surface area contributed by atoms with Crippen molar-refractivity contribution in [3.63, 3.8) is 0 Å². The largest absolute Gasteiger partial charge is 0.459 e. The van der Waals surface area contributed by atoms with Crippen molar-refractivity contribution in [3.05, 3.63) is 94.1 Å². The van der Waals surface area contributed by atoms with Crippen LogP contribution in [0.4, 0.5) is 4.39 Å². The van der Waals surface area contributed by atoms with Gasteiger partial charge in [0.1, 0.15) is 24.0 Å². The number of nitrogens with one attached hydrogen (secondary N) is 1. The number of rotatable bonds is 6. The van der Waals surface area contributed by atoms with Crippen LogP contribution in [0.25, 0.3) is 21.7 Å². The molecule has 4 aromatic rings. The number of amides is 1. The van der Waals surface area contributed by atoms with Crippen LogP contribution in [0.2, 0.25) is 0 Å². The second-order valence-corrected chi connectivity index (χ2v) is 8.03. The van der Waals surface area contributed by atoms with Crippen molar-refractivity contribution >= 4 is 33.6 Å². The molecule has 0 aliphatic heterocycles. The third-order valence-electron chi connectivity index (χ3n) is 5.41. The summed E-state index contributed by atoms with van der Waals surface area (Å²) in [5.74, 6) is -2.39. The van der Waals surface area contributed by atoms with Crippen LogP contribution in [0.3, 0.4) is 0 Å². The molecular formula is C26H22FNO5. The quantitative estimate of drug-likeness (QED) is 0.266. The standard InChI is InChI=1S/C26H22FNO5/c1-15(2)24(28-25(30)19-9-5-6-10-20(19)27)26(31)32-14-17-13-22(29)33-21-12-11-16-7-3-4-8-18(16)23(17)21/h3-13,15,24H,14H2,1-2H3,(H,28,30)/t24-/m1/s1. The zero-order valence-electron chi connectivity index (χ0n) is 18.1. The van der Waals surface area contributed by atoms with Gasteiger partial charge < -0.3 is 14.5 Å². The summed E-state index contributed by atoms with van der Waals surface area (Å²) in [7, 11) is 0. The van der Waals surface area contributed by atoms with Gasteiger partial charge in [-0.05, 0) is 34.9 Å². The zero-order valence-corrected chi connectivity index (χ0v) is 18.1. The Morgan fingerprint density at radius 2 is 1.76 bits per heavy atom. The Bertz CT molecular complexity index is 1410. The molecule has 1 heterocycles. The van der Waals surface area contributed by atoms with Crippen molar-refractivity contribution in [1.82, 2.24) is 5.32 Å². The summed E-state index contributed by atoms with van der Waals surface area (Å²) in [6, 6.07) is 17.0. The summed E-state index contributed by atoms with van der Waals surface area (Å²) < 4.78 is 24.8. The minimum absolute atomic E-state index is 0.158. The molecule has 1 amide bonds. The summed E-state index contributed by atoms with van der Waals surface area (Å²) in [6.45, 7) is 3.30. The molecule has 0 radical (unpaired) electrons. The van der Waals surface area contributed by atoms with E-state index >= 15 is 0 Å². The number of esters is 1. The van der Waals surface area contributed by atoms with Crippen LogP contribution < -0.4 is 10.9 Å². The summed E-state index contributed by atoms with van der Waals surface area (Å²) in [6.07, 6.45) is 0. The summed E-state index contributed by atoms with van der Waals surface area (Å²) in [4.78, 5) is 37.4. The van der Waals surface area contributed by atoms with Crippen LogP contribution in [0.5, 0.6) is 0 Å². The number of fused-ring (bicyclic) bond motifs is 3. The van der Waals surface area contributed by atoms with Gasteiger partial charge in [-0.3, -0.25) is 4.79 Å². The molecular weight excluding hydrogens is 425 g/mol. The number of carbonyl (C=O) groups is 2. The first-order chi connectivity index (χ1) is 15.8. The minimum Gasteiger partial charge on any atom is -0.459 e. The van der Waals surface area contributed by atoms with E-state index in [-0.39, 0.29) is 18.1 Å². The number of benzene rings is 3. The second-order valence-electron chi connectivity index (χ2n) is 8.03. The third kappa shape index (κ3) is 4.62. The fourth-order valence-corrected chi connectivity index (χ4v) is 3.73. The Hall–Kier alpha value is -4.00. The molecule has 4 rings (SSSR count). The highest BCUT2D eigenvalue weighted by molar-refractivity contribution is 6.07. The maximum Gasteiger partial charge on any atom is 0.336 e. The molecule has 0 unspecified atom stereocenters. The van der Waals surface area contributed by atoms with Crippen LogP contribution in [0.15, 0.2) is 75.9 Å². The predicted molar refractivity (Wildman–Crippen MR) is 122 cm³/mol. The molecule has 0 saturated carbocycles. The maximum absolute atomic E-state index is 14.0. The minimum atomic E-state index is -1.000. The summed E-state index contributed by atoms with van der Waals surface area (Å²) in [5, 5.41) is 5.04. The van der Waals surface area contributed by atoms with E-state index in [0.717, 1.165) is 10.8 Å². The molecule has 168 valence electrons. The highest BCUT2D eigenvalue weighted by atomic mass is 19.1. The molecule has 0 spiro atoms. The van der Waals surface area contributed by atoms with Crippen LogP contribution >= 0.6 is 0 Å². The van der Waals surface area contributed by atoms with Gasteiger partial charge in [0.2, 0.25) is 0 Å². The molecule has 0 aliphatic rings. The highest BCUT2D eigenvalue weighted by Crippen LogP contribution is 2.28. The van der Waals surface area contributed by atoms with Gasteiger partial charge in [-0.15, -0.1) is 0 Å². The van der Waals surface area contributed by atoms with Gasteiger partial charge in [0, 0.05) is 17.0 Å². The number of hydrogen-bond donors (Lipinski definition) is 1. The van der Waals surface area contributed by atoms with Crippen molar-refractivity contribution in [1.29, 1.82) is 0 Å². The molecule has 1 aromatic heterocycles. The van der Waals surface area contributed by atoms with Crippen molar-refractivity contribution in [2.24, 2.45) is 5.92 Å². The van der Waals surface area contributed by atoms with E-state index in [0.29, 0.717) is 16.5 Å². The van der Waals surface area contributed by atoms with Gasteiger partial charge in [0.25, 0.3) is 5.91 Å². The molecule has 1 N–H and O–H groups in total. The smallest absolute Gasteiger partial charge is 0.336 e. The van der Waals surface area contributed by atoms with E-state index in [1.54, 1.807) is 19.9 Å². The zero-order chi connectivity index (χ0) is 23.5. The third-order valence-corrected chi connectivity index (χ3v) is 5.41. The lowest BCUT2D eigenvalue weighted by atomic mass is 10.0. The predicted octanol–water partition coefficient (Wildman–Crippen LogP) is 4.58. The lowest BCUT2D eigenvalue weighted by molar-refractivity contribution is -0.148. The Kier molecular flexibility index (Phi) is 6.22. The molecule has 0 bridgehead atoms. The lowest BCUT2D eigenvalue weighted by Gasteiger charge is -2.21. The molecule has 0 aliphatic carbocycles. The number of halogens is 1. The molecule has 0 saturated heterocycles. The topological polar surface area (TPSA) is 85.6 Å². The van der Waals surface area contributed by atoms with Crippen molar-refractivity contribution in [2.75, 3.05) is 0 Å². The normalized spacial score (nSPS) is 12.1. The van der Waals surface area contributed by atoms with Crippen LogP contribution in [0, 0.1) is 11.7 Å². The fraction of sp³-hybridized carbons (Fsp3) is 0.192. The molecule has 3 aromatic carbocycles.